The lowest BCUT2D eigenvalue weighted by Gasteiger charge is -2.34. The van der Waals surface area contributed by atoms with Crippen molar-refractivity contribution in [3.8, 4) is 0 Å². The molecule has 0 amide bonds. The highest BCUT2D eigenvalue weighted by atomic mass is 16.5. The Hall–Kier alpha value is -4.28. The maximum Gasteiger partial charge on any atom is 0.308 e. The molecule has 5 heterocycles. The smallest absolute Gasteiger partial charge is 0.308 e. The second-order valence-electron chi connectivity index (χ2n) is 11.4. The van der Waals surface area contributed by atoms with Gasteiger partial charge in [0, 0.05) is 55.7 Å². The van der Waals surface area contributed by atoms with Crippen molar-refractivity contribution in [2.24, 2.45) is 5.92 Å². The van der Waals surface area contributed by atoms with Crippen LogP contribution in [0.3, 0.4) is 0 Å². The molecule has 0 aliphatic carbocycles. The first-order chi connectivity index (χ1) is 20.9. The molecule has 11 heteroatoms. The molecule has 0 saturated carbocycles. The minimum absolute atomic E-state index is 0.0539. The summed E-state index contributed by atoms with van der Waals surface area (Å²) >= 11 is 0. The number of carbonyl (C=O) groups excluding carboxylic acids is 1. The van der Waals surface area contributed by atoms with E-state index in [0.29, 0.717) is 24.0 Å². The first-order valence-electron chi connectivity index (χ1n) is 15.2. The normalized spacial score (nSPS) is 15.7. The summed E-state index contributed by atoms with van der Waals surface area (Å²) < 4.78 is 5.32. The van der Waals surface area contributed by atoms with Gasteiger partial charge in [0.05, 0.1) is 18.9 Å². The molecule has 0 aromatic carbocycles. The fourth-order valence-corrected chi connectivity index (χ4v) is 5.79. The second kappa shape index (κ2) is 14.3. The molecular formula is C32H41N7O4. The number of carboxylic acid groups (broad SMARTS) is 1. The van der Waals surface area contributed by atoms with Crippen LogP contribution < -0.4 is 15.5 Å². The number of pyridine rings is 2. The van der Waals surface area contributed by atoms with Gasteiger partial charge in [-0.2, -0.15) is 0 Å². The van der Waals surface area contributed by atoms with Crippen LogP contribution in [0.5, 0.6) is 0 Å². The number of piperidine rings is 1. The first kappa shape index (κ1) is 30.2. The first-order valence-corrected chi connectivity index (χ1v) is 15.2. The van der Waals surface area contributed by atoms with Gasteiger partial charge in [-0.1, -0.05) is 6.07 Å². The number of esters is 1. The average molecular weight is 588 g/mol. The highest BCUT2D eigenvalue weighted by molar-refractivity contribution is 5.79. The fraction of sp³-hybridized carbons (Fsp3) is 0.500. The minimum atomic E-state index is -1.06. The maximum atomic E-state index is 12.4. The standard InChI is InChI=1S/C32H41N7O4/c1-21-29(35-20-26(32(41)42)19-28(40)43-18-4-5-23-9-14-33-15-10-23)36-22(2)37-31(21)39-16-11-24(12-17-39)27-8-7-25-6-3-13-34-30(25)38-27/h7-10,14-15,24,26H,3-6,11-13,16-20H2,1-2H3,(H,34,38)(H,41,42)(H,35,36,37)/t26-/m0/s1. The van der Waals surface area contributed by atoms with Crippen LogP contribution in [0.2, 0.25) is 0 Å². The summed E-state index contributed by atoms with van der Waals surface area (Å²) in [6, 6.07) is 8.25. The van der Waals surface area contributed by atoms with Crippen LogP contribution in [0.15, 0.2) is 36.7 Å². The van der Waals surface area contributed by atoms with Gasteiger partial charge in [-0.25, -0.2) is 15.0 Å². The summed E-state index contributed by atoms with van der Waals surface area (Å²) in [7, 11) is 0. The number of ether oxygens (including phenoxy) is 1. The molecule has 11 nitrogen and oxygen atoms in total. The van der Waals surface area contributed by atoms with Crippen LogP contribution in [0.1, 0.15) is 66.2 Å². The van der Waals surface area contributed by atoms with Crippen molar-refractivity contribution in [3.05, 3.63) is 64.9 Å². The van der Waals surface area contributed by atoms with Gasteiger partial charge in [-0.3, -0.25) is 14.6 Å². The number of anilines is 3. The van der Waals surface area contributed by atoms with E-state index in [-0.39, 0.29) is 19.6 Å². The SMILES string of the molecule is Cc1nc(NC[C@H](CC(=O)OCCCc2ccncc2)C(=O)O)c(C)c(N2CCC(c3ccc4c(n3)NCCC4)CC2)n1. The second-order valence-corrected chi connectivity index (χ2v) is 11.4. The number of carboxylic acids is 1. The molecule has 2 aliphatic heterocycles. The molecule has 0 unspecified atom stereocenters. The van der Waals surface area contributed by atoms with Gasteiger partial charge in [0.15, 0.2) is 0 Å². The Morgan fingerprint density at radius 3 is 2.67 bits per heavy atom. The Morgan fingerprint density at radius 2 is 1.91 bits per heavy atom. The fourth-order valence-electron chi connectivity index (χ4n) is 5.79. The van der Waals surface area contributed by atoms with E-state index in [2.05, 4.69) is 37.6 Å². The minimum Gasteiger partial charge on any atom is -0.481 e. The summed E-state index contributed by atoms with van der Waals surface area (Å²) in [6.45, 7) is 6.75. The number of aryl methyl sites for hydroxylation is 3. The Labute approximate surface area is 252 Å². The van der Waals surface area contributed by atoms with Crippen molar-refractivity contribution < 1.29 is 19.4 Å². The van der Waals surface area contributed by atoms with Crippen molar-refractivity contribution in [1.29, 1.82) is 0 Å². The van der Waals surface area contributed by atoms with Crippen molar-refractivity contribution in [1.82, 2.24) is 19.9 Å². The van der Waals surface area contributed by atoms with Gasteiger partial charge < -0.3 is 25.4 Å². The zero-order valence-electron chi connectivity index (χ0n) is 25.0. The molecule has 1 atom stereocenters. The Morgan fingerprint density at radius 1 is 1.12 bits per heavy atom. The number of fused-ring (bicyclic) bond motifs is 1. The number of hydrogen-bond donors (Lipinski definition) is 3. The number of rotatable bonds is 12. The number of aliphatic carboxylic acids is 1. The van der Waals surface area contributed by atoms with Crippen LogP contribution in [0.25, 0.3) is 0 Å². The van der Waals surface area contributed by atoms with Crippen LogP contribution in [-0.2, 0) is 27.2 Å². The number of aromatic nitrogens is 4. The summed E-state index contributed by atoms with van der Waals surface area (Å²) in [6.07, 6.45) is 8.84. The van der Waals surface area contributed by atoms with E-state index in [9.17, 15) is 14.7 Å². The third-order valence-electron chi connectivity index (χ3n) is 8.26. The van der Waals surface area contributed by atoms with Crippen molar-refractivity contribution in [3.63, 3.8) is 0 Å². The third kappa shape index (κ3) is 7.97. The van der Waals surface area contributed by atoms with E-state index in [1.165, 1.54) is 5.56 Å². The van der Waals surface area contributed by atoms with Gasteiger partial charge >= 0.3 is 11.9 Å². The quantitative estimate of drug-likeness (QED) is 0.206. The zero-order valence-corrected chi connectivity index (χ0v) is 25.0. The monoisotopic (exact) mass is 587 g/mol. The lowest BCUT2D eigenvalue weighted by atomic mass is 9.92. The largest absolute Gasteiger partial charge is 0.481 e. The topological polar surface area (TPSA) is 142 Å². The molecule has 2 aliphatic rings. The summed E-state index contributed by atoms with van der Waals surface area (Å²) in [5.41, 5.74) is 4.43. The van der Waals surface area contributed by atoms with Crippen LogP contribution in [0, 0.1) is 19.8 Å². The molecule has 1 fully saturated rings. The molecule has 3 aromatic rings. The van der Waals surface area contributed by atoms with Crippen LogP contribution in [-0.4, -0.2) is 69.8 Å². The number of nitrogens with zero attached hydrogens (tertiary/aromatic N) is 5. The third-order valence-corrected chi connectivity index (χ3v) is 8.26. The van der Waals surface area contributed by atoms with Gasteiger partial charge in [0.1, 0.15) is 23.3 Å². The molecule has 1 saturated heterocycles. The van der Waals surface area contributed by atoms with Gasteiger partial charge in [0.2, 0.25) is 0 Å². The predicted molar refractivity (Wildman–Crippen MR) is 164 cm³/mol. The highest BCUT2D eigenvalue weighted by Crippen LogP contribution is 2.33. The number of nitrogens with one attached hydrogen (secondary N) is 2. The number of carbonyl (C=O) groups is 2. The lowest BCUT2D eigenvalue weighted by Crippen LogP contribution is -2.35. The van der Waals surface area contributed by atoms with E-state index < -0.39 is 17.9 Å². The molecule has 0 bridgehead atoms. The molecule has 228 valence electrons. The van der Waals surface area contributed by atoms with Gasteiger partial charge in [-0.15, -0.1) is 0 Å². The zero-order chi connectivity index (χ0) is 30.2. The van der Waals surface area contributed by atoms with Crippen molar-refractivity contribution in [2.75, 3.05) is 48.3 Å². The Kier molecular flexibility index (Phi) is 10.0. The number of hydrogen-bond acceptors (Lipinski definition) is 10. The van der Waals surface area contributed by atoms with Crippen LogP contribution >= 0.6 is 0 Å². The summed E-state index contributed by atoms with van der Waals surface area (Å²) in [4.78, 5) is 44.9. The summed E-state index contributed by atoms with van der Waals surface area (Å²) in [5, 5.41) is 16.4. The van der Waals surface area contributed by atoms with Crippen LogP contribution in [0.4, 0.5) is 17.5 Å². The molecule has 0 spiro atoms. The lowest BCUT2D eigenvalue weighted by molar-refractivity contribution is -0.151. The maximum absolute atomic E-state index is 12.4. The van der Waals surface area contributed by atoms with E-state index >= 15 is 0 Å². The van der Waals surface area contributed by atoms with Crippen molar-refractivity contribution in [2.45, 2.75) is 64.7 Å². The van der Waals surface area contributed by atoms with E-state index in [1.807, 2.05) is 26.0 Å². The van der Waals surface area contributed by atoms with Gasteiger partial charge in [0.25, 0.3) is 0 Å². The van der Waals surface area contributed by atoms with E-state index in [4.69, 9.17) is 14.7 Å². The Balaban J connectivity index is 1.14. The van der Waals surface area contributed by atoms with E-state index in [0.717, 1.165) is 80.2 Å². The molecular weight excluding hydrogens is 546 g/mol. The molecule has 43 heavy (non-hydrogen) atoms. The summed E-state index contributed by atoms with van der Waals surface area (Å²) in [5.74, 6) is 0.965. The van der Waals surface area contributed by atoms with E-state index in [1.54, 1.807) is 12.4 Å². The molecule has 3 aromatic heterocycles. The molecule has 5 rings (SSSR count). The highest BCUT2D eigenvalue weighted by Gasteiger charge is 2.27. The van der Waals surface area contributed by atoms with Crippen molar-refractivity contribution >= 4 is 29.4 Å². The molecule has 3 N–H and O–H groups in total. The van der Waals surface area contributed by atoms with Gasteiger partial charge in [-0.05, 0) is 81.7 Å². The average Bonchev–Trinajstić information content (AvgIpc) is 3.03. The molecule has 0 radical (unpaired) electrons. The predicted octanol–water partition coefficient (Wildman–Crippen LogP) is 4.30. The Bertz CT molecular complexity index is 1410.